The van der Waals surface area contributed by atoms with E-state index in [2.05, 4.69) is 15.3 Å². The van der Waals surface area contributed by atoms with Crippen LogP contribution in [-0.2, 0) is 4.79 Å². The number of thiophene rings is 1. The molecular formula is C15H12ClN3OS2. The Balaban J connectivity index is 1.72. The van der Waals surface area contributed by atoms with Crippen molar-refractivity contribution in [3.05, 3.63) is 47.1 Å². The first-order valence-corrected chi connectivity index (χ1v) is 8.68. The van der Waals surface area contributed by atoms with Gasteiger partial charge < -0.3 is 5.32 Å². The van der Waals surface area contributed by atoms with Crippen LogP contribution < -0.4 is 5.32 Å². The number of amides is 1. The third-order valence-electron chi connectivity index (χ3n) is 2.97. The summed E-state index contributed by atoms with van der Waals surface area (Å²) in [5, 5.41) is 6.95. The van der Waals surface area contributed by atoms with Crippen LogP contribution in [0.5, 0.6) is 0 Å². The molecule has 0 aliphatic rings. The van der Waals surface area contributed by atoms with Crippen LogP contribution in [0.1, 0.15) is 6.92 Å². The summed E-state index contributed by atoms with van der Waals surface area (Å²) in [6.07, 6.45) is 1.53. The highest BCUT2D eigenvalue weighted by Gasteiger charge is 2.17. The lowest BCUT2D eigenvalue weighted by Crippen LogP contribution is -2.22. The van der Waals surface area contributed by atoms with E-state index in [0.29, 0.717) is 10.7 Å². The average Bonchev–Trinajstić information content (AvgIpc) is 2.96. The number of hydrogen-bond acceptors (Lipinski definition) is 5. The predicted octanol–water partition coefficient (Wildman–Crippen LogP) is 4.46. The van der Waals surface area contributed by atoms with Crippen LogP contribution in [0.2, 0.25) is 5.02 Å². The van der Waals surface area contributed by atoms with Gasteiger partial charge in [0.15, 0.2) is 0 Å². The molecule has 0 aliphatic heterocycles. The van der Waals surface area contributed by atoms with Crippen molar-refractivity contribution in [2.24, 2.45) is 0 Å². The average molecular weight is 350 g/mol. The quantitative estimate of drug-likeness (QED) is 0.558. The molecule has 0 radical (unpaired) electrons. The molecule has 0 bridgehead atoms. The number of anilines is 1. The number of rotatable bonds is 4. The number of aromatic nitrogens is 2. The van der Waals surface area contributed by atoms with E-state index in [1.54, 1.807) is 29.5 Å². The minimum Gasteiger partial charge on any atom is -0.325 e. The van der Waals surface area contributed by atoms with E-state index in [9.17, 15) is 4.79 Å². The number of nitrogens with one attached hydrogen (secondary N) is 1. The molecule has 1 amide bonds. The van der Waals surface area contributed by atoms with Gasteiger partial charge in [0, 0.05) is 16.1 Å². The zero-order valence-electron chi connectivity index (χ0n) is 11.6. The van der Waals surface area contributed by atoms with Gasteiger partial charge in [-0.1, -0.05) is 29.4 Å². The second-order valence-electron chi connectivity index (χ2n) is 4.58. The highest BCUT2D eigenvalue weighted by atomic mass is 35.5. The van der Waals surface area contributed by atoms with Crippen molar-refractivity contribution in [1.29, 1.82) is 0 Å². The van der Waals surface area contributed by atoms with Gasteiger partial charge in [0.2, 0.25) is 5.91 Å². The van der Waals surface area contributed by atoms with Gasteiger partial charge in [-0.25, -0.2) is 9.97 Å². The first kappa shape index (κ1) is 15.3. The molecule has 2 aromatic heterocycles. The van der Waals surface area contributed by atoms with Crippen molar-refractivity contribution in [2.75, 3.05) is 5.32 Å². The molecule has 3 rings (SSSR count). The minimum absolute atomic E-state index is 0.0886. The summed E-state index contributed by atoms with van der Waals surface area (Å²) in [6, 6.07) is 9.07. The summed E-state index contributed by atoms with van der Waals surface area (Å²) in [4.78, 5) is 21.7. The van der Waals surface area contributed by atoms with Gasteiger partial charge in [0.05, 0.1) is 5.25 Å². The topological polar surface area (TPSA) is 54.9 Å². The Morgan fingerprint density at radius 3 is 3.05 bits per heavy atom. The zero-order valence-corrected chi connectivity index (χ0v) is 14.0. The third-order valence-corrected chi connectivity index (χ3v) is 5.15. The lowest BCUT2D eigenvalue weighted by atomic mass is 10.3. The van der Waals surface area contributed by atoms with Crippen LogP contribution in [0.4, 0.5) is 5.69 Å². The first-order valence-electron chi connectivity index (χ1n) is 6.55. The lowest BCUT2D eigenvalue weighted by Gasteiger charge is -2.12. The number of carbonyl (C=O) groups excluding carboxylic acids is 1. The Morgan fingerprint density at radius 1 is 1.36 bits per heavy atom. The second kappa shape index (κ2) is 6.64. The number of hydrogen-bond donors (Lipinski definition) is 1. The fourth-order valence-electron chi connectivity index (χ4n) is 1.89. The van der Waals surface area contributed by atoms with Crippen LogP contribution >= 0.6 is 34.7 Å². The van der Waals surface area contributed by atoms with Crippen molar-refractivity contribution in [3.63, 3.8) is 0 Å². The lowest BCUT2D eigenvalue weighted by molar-refractivity contribution is -0.115. The standard InChI is InChI=1S/C15H12ClN3OS2/c1-9(13(20)19-11-4-2-3-10(16)7-11)22-15-12-5-6-21-14(12)17-8-18-15/h2-9H,1H3,(H,19,20)/t9-/m1/s1. The highest BCUT2D eigenvalue weighted by Crippen LogP contribution is 2.30. The van der Waals surface area contributed by atoms with Crippen molar-refractivity contribution >= 4 is 56.5 Å². The van der Waals surface area contributed by atoms with Crippen LogP contribution in [0.25, 0.3) is 10.2 Å². The largest absolute Gasteiger partial charge is 0.325 e. The molecule has 0 unspecified atom stereocenters. The Bertz CT molecular complexity index is 821. The molecule has 3 aromatic rings. The Morgan fingerprint density at radius 2 is 2.23 bits per heavy atom. The summed E-state index contributed by atoms with van der Waals surface area (Å²) in [7, 11) is 0. The number of benzene rings is 1. The molecule has 0 spiro atoms. The number of thioether (sulfide) groups is 1. The van der Waals surface area contributed by atoms with E-state index in [1.165, 1.54) is 18.1 Å². The SMILES string of the molecule is C[C@@H](Sc1ncnc2sccc12)C(=O)Nc1cccc(Cl)c1. The summed E-state index contributed by atoms with van der Waals surface area (Å²) in [6.45, 7) is 1.85. The summed E-state index contributed by atoms with van der Waals surface area (Å²) >= 11 is 8.90. The molecule has 0 saturated carbocycles. The van der Waals surface area contributed by atoms with Crippen molar-refractivity contribution in [2.45, 2.75) is 17.2 Å². The monoisotopic (exact) mass is 349 g/mol. The first-order chi connectivity index (χ1) is 10.6. The zero-order chi connectivity index (χ0) is 15.5. The number of nitrogens with zero attached hydrogens (tertiary/aromatic N) is 2. The molecule has 4 nitrogen and oxygen atoms in total. The van der Waals surface area contributed by atoms with E-state index in [1.807, 2.05) is 24.4 Å². The number of fused-ring (bicyclic) bond motifs is 1. The Hall–Kier alpha value is -1.63. The van der Waals surface area contributed by atoms with Crippen LogP contribution in [-0.4, -0.2) is 21.1 Å². The van der Waals surface area contributed by atoms with E-state index in [0.717, 1.165) is 15.2 Å². The van der Waals surface area contributed by atoms with E-state index in [-0.39, 0.29) is 11.2 Å². The fourth-order valence-corrected chi connectivity index (χ4v) is 3.78. The minimum atomic E-state index is -0.281. The summed E-state index contributed by atoms with van der Waals surface area (Å²) < 4.78 is 0. The summed E-state index contributed by atoms with van der Waals surface area (Å²) in [5.74, 6) is -0.0886. The molecule has 0 aliphatic carbocycles. The third kappa shape index (κ3) is 3.40. The molecule has 0 fully saturated rings. The molecule has 1 atom stereocenters. The van der Waals surface area contributed by atoms with Crippen LogP contribution in [0, 0.1) is 0 Å². The normalized spacial score (nSPS) is 12.3. The molecule has 1 N–H and O–H groups in total. The number of carbonyl (C=O) groups is 1. The van der Waals surface area contributed by atoms with Crippen molar-refractivity contribution in [3.8, 4) is 0 Å². The molecule has 112 valence electrons. The van der Waals surface area contributed by atoms with Gasteiger partial charge in [0.1, 0.15) is 16.2 Å². The molecule has 0 saturated heterocycles. The second-order valence-corrected chi connectivity index (χ2v) is 7.24. The van der Waals surface area contributed by atoms with E-state index < -0.39 is 0 Å². The fraction of sp³-hybridized carbons (Fsp3) is 0.133. The predicted molar refractivity (Wildman–Crippen MR) is 92.8 cm³/mol. The Labute approximate surface area is 140 Å². The molecule has 7 heteroatoms. The maximum atomic E-state index is 12.3. The molecular weight excluding hydrogens is 338 g/mol. The van der Waals surface area contributed by atoms with Gasteiger partial charge in [-0.05, 0) is 36.6 Å². The number of halogens is 1. The van der Waals surface area contributed by atoms with Crippen molar-refractivity contribution < 1.29 is 4.79 Å². The van der Waals surface area contributed by atoms with Crippen LogP contribution in [0.15, 0.2) is 47.1 Å². The maximum Gasteiger partial charge on any atom is 0.237 e. The van der Waals surface area contributed by atoms with E-state index >= 15 is 0 Å². The molecule has 1 aromatic carbocycles. The Kier molecular flexibility index (Phi) is 4.61. The smallest absolute Gasteiger partial charge is 0.237 e. The maximum absolute atomic E-state index is 12.3. The van der Waals surface area contributed by atoms with Gasteiger partial charge >= 0.3 is 0 Å². The van der Waals surface area contributed by atoms with Crippen LogP contribution in [0.3, 0.4) is 0 Å². The van der Waals surface area contributed by atoms with Gasteiger partial charge in [-0.2, -0.15) is 0 Å². The van der Waals surface area contributed by atoms with Crippen molar-refractivity contribution in [1.82, 2.24) is 9.97 Å². The molecule has 22 heavy (non-hydrogen) atoms. The summed E-state index contributed by atoms with van der Waals surface area (Å²) in [5.41, 5.74) is 0.688. The van der Waals surface area contributed by atoms with Gasteiger partial charge in [0.25, 0.3) is 0 Å². The van der Waals surface area contributed by atoms with Gasteiger partial charge in [-0.3, -0.25) is 4.79 Å². The van der Waals surface area contributed by atoms with E-state index in [4.69, 9.17) is 11.6 Å². The molecule has 2 heterocycles. The van der Waals surface area contributed by atoms with Gasteiger partial charge in [-0.15, -0.1) is 11.3 Å². The highest BCUT2D eigenvalue weighted by molar-refractivity contribution is 8.00.